The van der Waals surface area contributed by atoms with Crippen molar-refractivity contribution in [2.75, 3.05) is 9.80 Å². The van der Waals surface area contributed by atoms with Gasteiger partial charge in [-0.1, -0.05) is 140 Å². The molecule has 0 bridgehead atoms. The Morgan fingerprint density at radius 1 is 0.329 bits per heavy atom. The molecule has 0 amide bonds. The molecule has 0 saturated heterocycles. The van der Waals surface area contributed by atoms with Crippen molar-refractivity contribution in [3.05, 3.63) is 272 Å². The van der Waals surface area contributed by atoms with Crippen molar-refractivity contribution in [3.63, 3.8) is 0 Å². The number of fused-ring (bicyclic) bond motifs is 3. The Labute approximate surface area is 423 Å². The first kappa shape index (κ1) is 43.9. The van der Waals surface area contributed by atoms with Crippen LogP contribution in [0, 0.1) is 22.7 Å². The van der Waals surface area contributed by atoms with E-state index in [1.165, 1.54) is 0 Å². The number of benzene rings is 10. The molecule has 0 aliphatic rings. The van der Waals surface area contributed by atoms with Crippen LogP contribution in [0.25, 0.3) is 72.5 Å². The topological polar surface area (TPSA) is 84.8 Å². The summed E-state index contributed by atoms with van der Waals surface area (Å²) in [5.74, 6) is 0.420. The van der Waals surface area contributed by atoms with Crippen LogP contribution in [0.5, 0.6) is 0 Å². The first-order valence-corrected chi connectivity index (χ1v) is 24.1. The third kappa shape index (κ3) is 8.40. The lowest BCUT2D eigenvalue weighted by molar-refractivity contribution is 1.18. The second kappa shape index (κ2) is 19.2. The summed E-state index contributed by atoms with van der Waals surface area (Å²) in [7, 11) is 0. The van der Waals surface area contributed by atoms with Crippen LogP contribution in [-0.2, 0) is 0 Å². The normalized spacial score (nSPS) is 11.0. The predicted octanol–water partition coefficient (Wildman–Crippen LogP) is 16.9. The summed E-state index contributed by atoms with van der Waals surface area (Å²) in [5, 5.41) is 22.3. The summed E-state index contributed by atoms with van der Waals surface area (Å²) in [5.41, 5.74) is 16.3. The lowest BCUT2D eigenvalue weighted by atomic mass is 10.00. The quantitative estimate of drug-likeness (QED) is 0.128. The van der Waals surface area contributed by atoms with Crippen molar-refractivity contribution in [3.8, 4) is 62.9 Å². The molecule has 0 aliphatic heterocycles. The first-order chi connectivity index (χ1) is 36.1. The highest BCUT2D eigenvalue weighted by Crippen LogP contribution is 2.43. The van der Waals surface area contributed by atoms with Crippen molar-refractivity contribution in [1.29, 1.82) is 10.5 Å². The number of para-hydroxylation sites is 4. The maximum absolute atomic E-state index is 10.00. The van der Waals surface area contributed by atoms with E-state index in [0.717, 1.165) is 78.3 Å². The highest BCUT2D eigenvalue weighted by molar-refractivity contribution is 6.12. The molecule has 0 atom stereocenters. The van der Waals surface area contributed by atoms with E-state index in [9.17, 15) is 10.5 Å². The van der Waals surface area contributed by atoms with Gasteiger partial charge in [-0.05, 0) is 132 Å². The van der Waals surface area contributed by atoms with Gasteiger partial charge in [-0.15, -0.1) is 0 Å². The van der Waals surface area contributed by atoms with Crippen molar-refractivity contribution < 1.29 is 0 Å². The highest BCUT2D eigenvalue weighted by atomic mass is 15.1. The number of anilines is 6. The molecule has 0 aliphatic carbocycles. The Bertz CT molecular complexity index is 3730. The molecule has 10 aromatic carbocycles. The van der Waals surface area contributed by atoms with Gasteiger partial charge in [0.2, 0.25) is 0 Å². The summed E-state index contributed by atoms with van der Waals surface area (Å²) in [6, 6.07) is 94.1. The first-order valence-electron chi connectivity index (χ1n) is 24.1. The lowest BCUT2D eigenvalue weighted by Crippen LogP contribution is -2.09. The van der Waals surface area contributed by atoms with Crippen LogP contribution in [0.3, 0.4) is 0 Å². The molecule has 0 spiro atoms. The minimum absolute atomic E-state index is 0.420. The molecule has 342 valence electrons. The van der Waals surface area contributed by atoms with Gasteiger partial charge < -0.3 is 14.4 Å². The summed E-state index contributed by atoms with van der Waals surface area (Å²) < 4.78 is 2.37. The smallest absolute Gasteiger partial charge is 0.161 e. The molecule has 2 heterocycles. The van der Waals surface area contributed by atoms with Gasteiger partial charge >= 0.3 is 0 Å². The Kier molecular flexibility index (Phi) is 11.6. The molecule has 7 nitrogen and oxygen atoms in total. The van der Waals surface area contributed by atoms with E-state index in [2.05, 4.69) is 233 Å². The molecular formula is C66H43N7. The van der Waals surface area contributed by atoms with E-state index in [-0.39, 0.29) is 0 Å². The van der Waals surface area contributed by atoms with E-state index >= 15 is 0 Å². The van der Waals surface area contributed by atoms with E-state index in [1.807, 2.05) is 42.5 Å². The molecule has 12 aromatic rings. The molecule has 7 heteroatoms. The van der Waals surface area contributed by atoms with Crippen LogP contribution in [-0.4, -0.2) is 14.5 Å². The van der Waals surface area contributed by atoms with Gasteiger partial charge in [-0.2, -0.15) is 10.5 Å². The summed E-state index contributed by atoms with van der Waals surface area (Å²) in [6.07, 6.45) is 0. The second-order valence-electron chi connectivity index (χ2n) is 17.7. The Balaban J connectivity index is 0.954. The van der Waals surface area contributed by atoms with Crippen LogP contribution in [0.2, 0.25) is 0 Å². The monoisotopic (exact) mass is 933 g/mol. The fourth-order valence-electron chi connectivity index (χ4n) is 9.83. The Morgan fingerprint density at radius 3 is 1.18 bits per heavy atom. The fourth-order valence-corrected chi connectivity index (χ4v) is 9.83. The molecule has 0 unspecified atom stereocenters. The molecule has 2 aromatic heterocycles. The van der Waals surface area contributed by atoms with Crippen molar-refractivity contribution >= 4 is 55.9 Å². The van der Waals surface area contributed by atoms with Gasteiger partial charge in [0.1, 0.15) is 0 Å². The van der Waals surface area contributed by atoms with Crippen LogP contribution >= 0.6 is 0 Å². The molecule has 0 N–H and O–H groups in total. The van der Waals surface area contributed by atoms with Crippen molar-refractivity contribution in [2.45, 2.75) is 0 Å². The Morgan fingerprint density at radius 2 is 0.712 bits per heavy atom. The van der Waals surface area contributed by atoms with E-state index in [0.29, 0.717) is 39.5 Å². The number of nitriles is 2. The zero-order chi connectivity index (χ0) is 49.1. The van der Waals surface area contributed by atoms with E-state index in [1.54, 1.807) is 12.1 Å². The van der Waals surface area contributed by atoms with Gasteiger partial charge in [0.05, 0.1) is 45.7 Å². The van der Waals surface area contributed by atoms with Gasteiger partial charge in [-0.3, -0.25) is 0 Å². The van der Waals surface area contributed by atoms with Crippen molar-refractivity contribution in [1.82, 2.24) is 14.5 Å². The molecule has 0 saturated carbocycles. The maximum Gasteiger partial charge on any atom is 0.161 e. The fraction of sp³-hybridized carbons (Fsp3) is 0. The van der Waals surface area contributed by atoms with Gasteiger partial charge in [0, 0.05) is 67.3 Å². The zero-order valence-electron chi connectivity index (χ0n) is 39.5. The van der Waals surface area contributed by atoms with E-state index < -0.39 is 0 Å². The molecule has 0 radical (unpaired) electrons. The summed E-state index contributed by atoms with van der Waals surface area (Å²) in [6.45, 7) is 0. The maximum atomic E-state index is 10.00. The number of hydrogen-bond acceptors (Lipinski definition) is 6. The third-order valence-corrected chi connectivity index (χ3v) is 13.3. The SMILES string of the molecule is N#Cc1ccccc1-c1cc(-c2ccc(-c3ccc(-n4c5ccc(N(c6ccccc6)c6ccccc6)cc5c5cc(N(c6ccccc6)c6ccccc6)ccc54)cc3)cc2)nc(-c2ccccc2C#N)n1. The molecule has 73 heavy (non-hydrogen) atoms. The van der Waals surface area contributed by atoms with E-state index in [4.69, 9.17) is 9.97 Å². The minimum Gasteiger partial charge on any atom is -0.310 e. The second-order valence-corrected chi connectivity index (χ2v) is 17.7. The van der Waals surface area contributed by atoms with Crippen LogP contribution < -0.4 is 9.80 Å². The standard InChI is InChI=1S/C66H43N7/c67-44-49-17-13-15-27-58(49)63-43-62(69-66(70-63)59-28-16-14-18-50(59)45-68)48-31-29-46(30-32-48)47-33-35-55(36-34-47)73-64-39-37-56(71(51-19-5-1-6-20-51)52-21-7-2-8-22-52)41-60(64)61-42-57(38-40-65(61)73)72(53-23-9-3-10-24-53)54-25-11-4-12-26-54/h1-43H. The van der Waals surface area contributed by atoms with Crippen molar-refractivity contribution in [2.24, 2.45) is 0 Å². The van der Waals surface area contributed by atoms with Crippen LogP contribution in [0.4, 0.5) is 34.1 Å². The Hall–Kier alpha value is -10.3. The minimum atomic E-state index is 0.420. The highest BCUT2D eigenvalue weighted by Gasteiger charge is 2.21. The van der Waals surface area contributed by atoms with Gasteiger partial charge in [-0.25, -0.2) is 9.97 Å². The number of aromatic nitrogens is 3. The number of rotatable bonds is 11. The molecular weight excluding hydrogens is 891 g/mol. The van der Waals surface area contributed by atoms with Crippen LogP contribution in [0.15, 0.2) is 261 Å². The lowest BCUT2D eigenvalue weighted by Gasteiger charge is -2.26. The number of nitrogens with zero attached hydrogens (tertiary/aromatic N) is 7. The van der Waals surface area contributed by atoms with Gasteiger partial charge in [0.25, 0.3) is 0 Å². The molecule has 12 rings (SSSR count). The zero-order valence-corrected chi connectivity index (χ0v) is 39.5. The summed E-state index contributed by atoms with van der Waals surface area (Å²) >= 11 is 0. The third-order valence-electron chi connectivity index (χ3n) is 13.3. The average molecular weight is 934 g/mol. The number of hydrogen-bond donors (Lipinski definition) is 0. The predicted molar refractivity (Wildman–Crippen MR) is 297 cm³/mol. The van der Waals surface area contributed by atoms with Gasteiger partial charge in [0.15, 0.2) is 5.82 Å². The largest absolute Gasteiger partial charge is 0.310 e. The molecule has 0 fully saturated rings. The summed E-state index contributed by atoms with van der Waals surface area (Å²) in [4.78, 5) is 14.5. The average Bonchev–Trinajstić information content (AvgIpc) is 3.79. The van der Waals surface area contributed by atoms with Crippen LogP contribution in [0.1, 0.15) is 11.1 Å².